The fourth-order valence-electron chi connectivity index (χ4n) is 0.935. The van der Waals surface area contributed by atoms with Gasteiger partial charge in [0.1, 0.15) is 0 Å². The molecule has 0 aliphatic rings. The van der Waals surface area contributed by atoms with E-state index in [9.17, 15) is 4.79 Å². The Balaban J connectivity index is 3.14. The van der Waals surface area contributed by atoms with E-state index in [1.54, 1.807) is 10.9 Å². The predicted octanol–water partition coefficient (Wildman–Crippen LogP) is 1.76. The van der Waals surface area contributed by atoms with Crippen molar-refractivity contribution < 1.29 is 4.52 Å². The molecule has 0 amide bonds. The van der Waals surface area contributed by atoms with Crippen molar-refractivity contribution in [2.45, 2.75) is 39.7 Å². The molecule has 0 atom stereocenters. The van der Waals surface area contributed by atoms with Gasteiger partial charge in [0.2, 0.25) is 0 Å². The Morgan fingerprint density at radius 1 is 1.50 bits per heavy atom. The smallest absolute Gasteiger partial charge is 0.336 e. The van der Waals surface area contributed by atoms with Crippen LogP contribution in [-0.2, 0) is 12.0 Å². The fraction of sp³-hybridized carbons (Fsp3) is 0.667. The third kappa shape index (κ3) is 1.60. The predicted molar refractivity (Wildman–Crippen MR) is 47.3 cm³/mol. The Bertz CT molecular complexity index is 314. The van der Waals surface area contributed by atoms with Gasteiger partial charge in [-0.05, 0) is 27.2 Å². The van der Waals surface area contributed by atoms with Crippen molar-refractivity contribution in [2.75, 3.05) is 0 Å². The zero-order valence-electron chi connectivity index (χ0n) is 8.05. The number of aryl methyl sites for hydroxylation is 1. The van der Waals surface area contributed by atoms with Gasteiger partial charge in [0, 0.05) is 6.20 Å². The van der Waals surface area contributed by atoms with Crippen molar-refractivity contribution in [3.8, 4) is 0 Å². The molecule has 0 saturated carbocycles. The molecule has 0 saturated heterocycles. The lowest BCUT2D eigenvalue weighted by molar-refractivity contribution is 0.154. The van der Waals surface area contributed by atoms with Gasteiger partial charge in [0.05, 0.1) is 11.1 Å². The Morgan fingerprint density at radius 2 is 2.08 bits per heavy atom. The van der Waals surface area contributed by atoms with Gasteiger partial charge in [-0.2, -0.15) is 0 Å². The van der Waals surface area contributed by atoms with Crippen LogP contribution in [0.25, 0.3) is 0 Å². The standard InChI is InChI=1S/C9H15NO2/c1-5-7-6-10(9(2,3)4)12-8(7)11/h6H,5H2,1-4H3. The fourth-order valence-corrected chi connectivity index (χ4v) is 0.935. The summed E-state index contributed by atoms with van der Waals surface area (Å²) in [5.74, 6) is 0. The van der Waals surface area contributed by atoms with Gasteiger partial charge in [-0.25, -0.2) is 9.53 Å². The molecule has 0 aliphatic carbocycles. The molecule has 0 unspecified atom stereocenters. The first-order chi connectivity index (χ1) is 5.45. The van der Waals surface area contributed by atoms with E-state index >= 15 is 0 Å². The highest BCUT2D eigenvalue weighted by Gasteiger charge is 2.16. The van der Waals surface area contributed by atoms with Gasteiger partial charge < -0.3 is 4.52 Å². The van der Waals surface area contributed by atoms with Crippen molar-refractivity contribution in [2.24, 2.45) is 0 Å². The molecule has 1 aromatic rings. The molecule has 1 heterocycles. The minimum Gasteiger partial charge on any atom is -0.336 e. The van der Waals surface area contributed by atoms with Crippen LogP contribution in [0.4, 0.5) is 0 Å². The van der Waals surface area contributed by atoms with E-state index in [0.29, 0.717) is 0 Å². The van der Waals surface area contributed by atoms with Gasteiger partial charge >= 0.3 is 5.63 Å². The minimum atomic E-state index is -0.215. The van der Waals surface area contributed by atoms with Crippen LogP contribution in [0.5, 0.6) is 0 Å². The second-order valence-corrected chi connectivity index (χ2v) is 3.88. The topological polar surface area (TPSA) is 35.1 Å². The normalized spacial score (nSPS) is 12.0. The third-order valence-electron chi connectivity index (χ3n) is 1.76. The van der Waals surface area contributed by atoms with Crippen molar-refractivity contribution in [1.82, 2.24) is 4.74 Å². The number of hydrogen-bond acceptors (Lipinski definition) is 2. The summed E-state index contributed by atoms with van der Waals surface area (Å²) in [6.07, 6.45) is 2.51. The number of aromatic nitrogens is 1. The molecule has 0 aromatic carbocycles. The van der Waals surface area contributed by atoms with E-state index in [2.05, 4.69) is 0 Å². The van der Waals surface area contributed by atoms with E-state index < -0.39 is 0 Å². The monoisotopic (exact) mass is 169 g/mol. The Morgan fingerprint density at radius 3 is 2.33 bits per heavy atom. The second-order valence-electron chi connectivity index (χ2n) is 3.88. The minimum absolute atomic E-state index is 0.146. The molecule has 3 heteroatoms. The molecule has 0 aliphatic heterocycles. The summed E-state index contributed by atoms with van der Waals surface area (Å²) in [7, 11) is 0. The average molecular weight is 169 g/mol. The Hall–Kier alpha value is -0.990. The van der Waals surface area contributed by atoms with Crippen molar-refractivity contribution in [3.05, 3.63) is 22.2 Å². The average Bonchev–Trinajstić information content (AvgIpc) is 2.29. The summed E-state index contributed by atoms with van der Waals surface area (Å²) in [6.45, 7) is 7.93. The maximum absolute atomic E-state index is 11.1. The summed E-state index contributed by atoms with van der Waals surface area (Å²) < 4.78 is 6.64. The molecule has 12 heavy (non-hydrogen) atoms. The van der Waals surface area contributed by atoms with Crippen LogP contribution in [-0.4, -0.2) is 4.74 Å². The lowest BCUT2D eigenvalue weighted by Gasteiger charge is -2.17. The molecule has 0 fully saturated rings. The molecule has 68 valence electrons. The van der Waals surface area contributed by atoms with E-state index in [1.807, 2.05) is 27.7 Å². The van der Waals surface area contributed by atoms with Crippen LogP contribution in [0.1, 0.15) is 33.3 Å². The number of hydrogen-bond donors (Lipinski definition) is 0. The van der Waals surface area contributed by atoms with Gasteiger partial charge in [0.15, 0.2) is 0 Å². The molecule has 1 aromatic heterocycles. The molecular formula is C9H15NO2. The van der Waals surface area contributed by atoms with Crippen LogP contribution < -0.4 is 5.63 Å². The molecule has 0 radical (unpaired) electrons. The maximum atomic E-state index is 11.1. The molecular weight excluding hydrogens is 154 g/mol. The molecule has 1 rings (SSSR count). The molecule has 0 bridgehead atoms. The van der Waals surface area contributed by atoms with E-state index in [0.717, 1.165) is 12.0 Å². The van der Waals surface area contributed by atoms with Crippen LogP contribution in [0, 0.1) is 0 Å². The maximum Gasteiger partial charge on any atom is 0.360 e. The summed E-state index contributed by atoms with van der Waals surface area (Å²) in [5.41, 5.74) is 0.379. The van der Waals surface area contributed by atoms with E-state index in [1.165, 1.54) is 0 Å². The molecule has 0 spiro atoms. The van der Waals surface area contributed by atoms with Crippen molar-refractivity contribution >= 4 is 0 Å². The molecule has 0 N–H and O–H groups in total. The lowest BCUT2D eigenvalue weighted by atomic mass is 10.1. The first-order valence-corrected chi connectivity index (χ1v) is 4.17. The highest BCUT2D eigenvalue weighted by atomic mass is 16.5. The zero-order chi connectivity index (χ0) is 9.35. The summed E-state index contributed by atoms with van der Waals surface area (Å²) in [6, 6.07) is 0. The zero-order valence-corrected chi connectivity index (χ0v) is 8.05. The van der Waals surface area contributed by atoms with Gasteiger partial charge in [0.25, 0.3) is 0 Å². The first-order valence-electron chi connectivity index (χ1n) is 4.17. The van der Waals surface area contributed by atoms with Crippen molar-refractivity contribution in [3.63, 3.8) is 0 Å². The van der Waals surface area contributed by atoms with Crippen LogP contribution in [0.15, 0.2) is 15.5 Å². The summed E-state index contributed by atoms with van der Waals surface area (Å²) in [5, 5.41) is 0. The van der Waals surface area contributed by atoms with Crippen LogP contribution >= 0.6 is 0 Å². The molecule has 3 nitrogen and oxygen atoms in total. The Kier molecular flexibility index (Phi) is 2.13. The van der Waals surface area contributed by atoms with E-state index in [-0.39, 0.29) is 11.2 Å². The quantitative estimate of drug-likeness (QED) is 0.642. The van der Waals surface area contributed by atoms with Crippen molar-refractivity contribution in [1.29, 1.82) is 0 Å². The van der Waals surface area contributed by atoms with Gasteiger partial charge in [-0.15, -0.1) is 0 Å². The third-order valence-corrected chi connectivity index (χ3v) is 1.76. The summed E-state index contributed by atoms with van der Waals surface area (Å²) in [4.78, 5) is 11.1. The SMILES string of the molecule is CCc1cn(C(C)(C)C)oc1=O. The highest BCUT2D eigenvalue weighted by Crippen LogP contribution is 2.12. The number of nitrogens with zero attached hydrogens (tertiary/aromatic N) is 1. The lowest BCUT2D eigenvalue weighted by Crippen LogP contribution is -2.20. The second kappa shape index (κ2) is 2.81. The van der Waals surface area contributed by atoms with E-state index in [4.69, 9.17) is 4.52 Å². The van der Waals surface area contributed by atoms with Crippen LogP contribution in [0.3, 0.4) is 0 Å². The first kappa shape index (κ1) is 9.10. The largest absolute Gasteiger partial charge is 0.360 e. The highest BCUT2D eigenvalue weighted by molar-refractivity contribution is 5.02. The van der Waals surface area contributed by atoms with Crippen LogP contribution in [0.2, 0.25) is 0 Å². The summed E-state index contributed by atoms with van der Waals surface area (Å²) >= 11 is 0. The number of rotatable bonds is 1. The van der Waals surface area contributed by atoms with Gasteiger partial charge in [-0.1, -0.05) is 6.92 Å². The Labute approximate surface area is 72.0 Å². The van der Waals surface area contributed by atoms with Gasteiger partial charge in [-0.3, -0.25) is 0 Å².